The number of ketones is 1. The van der Waals surface area contributed by atoms with Crippen molar-refractivity contribution in [3.8, 4) is 0 Å². The van der Waals surface area contributed by atoms with Gasteiger partial charge in [-0.3, -0.25) is 4.79 Å². The molecule has 0 aliphatic heterocycles. The van der Waals surface area contributed by atoms with Crippen LogP contribution in [0.1, 0.15) is 31.8 Å². The van der Waals surface area contributed by atoms with E-state index in [1.54, 1.807) is 0 Å². The van der Waals surface area contributed by atoms with Crippen LogP contribution in [0.4, 0.5) is 13.2 Å². The third-order valence-corrected chi connectivity index (χ3v) is 4.01. The minimum atomic E-state index is -4.73. The molecule has 0 unspecified atom stereocenters. The SMILES string of the molecule is O=C(O)c1ccc2c(C(=O)c3c(Cl)cccc3C(F)(F)F)ccn2c1. The fourth-order valence-corrected chi connectivity index (χ4v) is 2.81. The van der Waals surface area contributed by atoms with Crippen molar-refractivity contribution in [2.24, 2.45) is 0 Å². The minimum Gasteiger partial charge on any atom is -0.478 e. The molecule has 0 radical (unpaired) electrons. The van der Waals surface area contributed by atoms with E-state index in [0.717, 1.165) is 12.1 Å². The maximum Gasteiger partial charge on any atom is 0.417 e. The lowest BCUT2D eigenvalue weighted by Crippen LogP contribution is -2.14. The van der Waals surface area contributed by atoms with E-state index < -0.39 is 29.1 Å². The summed E-state index contributed by atoms with van der Waals surface area (Å²) in [5.74, 6) is -2.04. The van der Waals surface area contributed by atoms with Crippen LogP contribution in [0.5, 0.6) is 0 Å². The molecule has 4 nitrogen and oxygen atoms in total. The second-order valence-corrected chi connectivity index (χ2v) is 5.64. The van der Waals surface area contributed by atoms with E-state index >= 15 is 0 Å². The number of pyridine rings is 1. The van der Waals surface area contributed by atoms with Crippen molar-refractivity contribution >= 4 is 28.9 Å². The van der Waals surface area contributed by atoms with Crippen molar-refractivity contribution in [1.29, 1.82) is 0 Å². The number of alkyl halides is 3. The summed E-state index contributed by atoms with van der Waals surface area (Å²) < 4.78 is 41.0. The van der Waals surface area contributed by atoms with Crippen LogP contribution in [0.2, 0.25) is 5.02 Å². The summed E-state index contributed by atoms with van der Waals surface area (Å²) in [6.07, 6.45) is -2.06. The molecule has 0 bridgehead atoms. The molecule has 0 aliphatic rings. The van der Waals surface area contributed by atoms with Crippen molar-refractivity contribution in [2.45, 2.75) is 6.18 Å². The van der Waals surface area contributed by atoms with Crippen LogP contribution in [0, 0.1) is 0 Å². The Labute approximate surface area is 144 Å². The first-order valence-electron chi connectivity index (χ1n) is 6.94. The average molecular weight is 368 g/mol. The van der Waals surface area contributed by atoms with Crippen LogP contribution in [0.15, 0.2) is 48.8 Å². The second kappa shape index (κ2) is 5.93. The Morgan fingerprint density at radius 2 is 1.80 bits per heavy atom. The van der Waals surface area contributed by atoms with Crippen LogP contribution >= 0.6 is 11.6 Å². The van der Waals surface area contributed by atoms with Gasteiger partial charge in [0, 0.05) is 18.0 Å². The molecule has 0 spiro atoms. The molecule has 0 atom stereocenters. The number of carbonyl (C=O) groups is 2. The number of nitrogens with zero attached hydrogens (tertiary/aromatic N) is 1. The first kappa shape index (κ1) is 17.0. The van der Waals surface area contributed by atoms with Gasteiger partial charge in [-0.05, 0) is 30.3 Å². The van der Waals surface area contributed by atoms with Gasteiger partial charge < -0.3 is 9.51 Å². The molecular weight excluding hydrogens is 359 g/mol. The molecule has 128 valence electrons. The van der Waals surface area contributed by atoms with Gasteiger partial charge in [0.05, 0.1) is 27.2 Å². The van der Waals surface area contributed by atoms with Crippen molar-refractivity contribution in [1.82, 2.24) is 4.40 Å². The van der Waals surface area contributed by atoms with Crippen LogP contribution in [-0.4, -0.2) is 21.3 Å². The lowest BCUT2D eigenvalue weighted by atomic mass is 9.98. The normalized spacial score (nSPS) is 11.7. The number of aromatic carboxylic acids is 1. The van der Waals surface area contributed by atoms with Crippen molar-refractivity contribution < 1.29 is 27.9 Å². The third-order valence-electron chi connectivity index (χ3n) is 3.69. The summed E-state index contributed by atoms with van der Waals surface area (Å²) in [4.78, 5) is 23.7. The summed E-state index contributed by atoms with van der Waals surface area (Å²) in [5.41, 5.74) is -1.49. The molecule has 2 aromatic heterocycles. The van der Waals surface area contributed by atoms with Crippen LogP contribution < -0.4 is 0 Å². The number of hydrogen-bond acceptors (Lipinski definition) is 2. The summed E-state index contributed by atoms with van der Waals surface area (Å²) >= 11 is 5.86. The van der Waals surface area contributed by atoms with E-state index in [0.29, 0.717) is 0 Å². The van der Waals surface area contributed by atoms with E-state index in [1.807, 2.05) is 0 Å². The topological polar surface area (TPSA) is 58.8 Å². The Kier molecular flexibility index (Phi) is 4.04. The smallest absolute Gasteiger partial charge is 0.417 e. The highest BCUT2D eigenvalue weighted by molar-refractivity contribution is 6.35. The highest BCUT2D eigenvalue weighted by Gasteiger charge is 2.36. The van der Waals surface area contributed by atoms with Gasteiger partial charge in [0.2, 0.25) is 0 Å². The van der Waals surface area contributed by atoms with Crippen molar-refractivity contribution in [3.63, 3.8) is 0 Å². The number of carboxylic acids is 1. The maximum absolute atomic E-state index is 13.2. The Morgan fingerprint density at radius 1 is 1.08 bits per heavy atom. The largest absolute Gasteiger partial charge is 0.478 e. The fraction of sp³-hybridized carbons (Fsp3) is 0.0588. The number of halogens is 4. The number of rotatable bonds is 3. The Hall–Kier alpha value is -2.80. The molecule has 3 aromatic rings. The quantitative estimate of drug-likeness (QED) is 0.691. The van der Waals surface area contributed by atoms with E-state index in [-0.39, 0.29) is 21.7 Å². The molecule has 0 fully saturated rings. The molecule has 8 heteroatoms. The standard InChI is InChI=1S/C17H9ClF3NO3/c18-12-3-1-2-11(17(19,20)21)14(12)15(23)10-6-7-22-8-9(16(24)25)4-5-13(10)22/h1-8H,(H,24,25). The van der Waals surface area contributed by atoms with E-state index in [9.17, 15) is 22.8 Å². The molecule has 0 aliphatic carbocycles. The van der Waals surface area contributed by atoms with Crippen LogP contribution in [0.3, 0.4) is 0 Å². The van der Waals surface area contributed by atoms with Gasteiger partial charge in [0.25, 0.3) is 0 Å². The van der Waals surface area contributed by atoms with Gasteiger partial charge in [-0.15, -0.1) is 0 Å². The number of fused-ring (bicyclic) bond motifs is 1. The van der Waals surface area contributed by atoms with E-state index in [4.69, 9.17) is 16.7 Å². The number of carbonyl (C=O) groups excluding carboxylic acids is 1. The molecule has 3 rings (SSSR count). The molecule has 0 saturated heterocycles. The first-order chi connectivity index (χ1) is 11.7. The summed E-state index contributed by atoms with van der Waals surface area (Å²) in [6.45, 7) is 0. The summed E-state index contributed by atoms with van der Waals surface area (Å²) in [7, 11) is 0. The zero-order chi connectivity index (χ0) is 18.4. The van der Waals surface area contributed by atoms with Gasteiger partial charge in [-0.25, -0.2) is 4.79 Å². The Bertz CT molecular complexity index is 1010. The van der Waals surface area contributed by atoms with Gasteiger partial charge in [-0.1, -0.05) is 17.7 Å². The van der Waals surface area contributed by atoms with Gasteiger partial charge in [0.1, 0.15) is 0 Å². The number of aromatic nitrogens is 1. The van der Waals surface area contributed by atoms with Gasteiger partial charge in [-0.2, -0.15) is 13.2 Å². The summed E-state index contributed by atoms with van der Waals surface area (Å²) in [5, 5.41) is 8.67. The van der Waals surface area contributed by atoms with E-state index in [1.165, 1.54) is 41.1 Å². The van der Waals surface area contributed by atoms with E-state index in [2.05, 4.69) is 0 Å². The Balaban J connectivity index is 2.18. The molecule has 25 heavy (non-hydrogen) atoms. The Morgan fingerprint density at radius 3 is 2.44 bits per heavy atom. The van der Waals surface area contributed by atoms with Crippen LogP contribution in [-0.2, 0) is 6.18 Å². The second-order valence-electron chi connectivity index (χ2n) is 5.23. The lowest BCUT2D eigenvalue weighted by molar-refractivity contribution is -0.137. The molecule has 0 amide bonds. The zero-order valence-corrected chi connectivity index (χ0v) is 13.1. The van der Waals surface area contributed by atoms with Crippen LogP contribution in [0.25, 0.3) is 5.52 Å². The molecule has 1 aromatic carbocycles. The maximum atomic E-state index is 13.2. The highest BCUT2D eigenvalue weighted by Crippen LogP contribution is 2.36. The zero-order valence-electron chi connectivity index (χ0n) is 12.3. The number of hydrogen-bond donors (Lipinski definition) is 1. The predicted octanol–water partition coefficient (Wildman–Crippen LogP) is 4.54. The number of benzene rings is 1. The minimum absolute atomic E-state index is 0.00413. The molecular formula is C17H9ClF3NO3. The lowest BCUT2D eigenvalue weighted by Gasteiger charge is -2.13. The van der Waals surface area contributed by atoms with Gasteiger partial charge in [0.15, 0.2) is 5.78 Å². The van der Waals surface area contributed by atoms with Crippen molar-refractivity contribution in [3.05, 3.63) is 76.1 Å². The molecule has 2 heterocycles. The third kappa shape index (κ3) is 2.98. The number of carboxylic acid groups (broad SMARTS) is 1. The van der Waals surface area contributed by atoms with Crippen molar-refractivity contribution in [2.75, 3.05) is 0 Å². The average Bonchev–Trinajstić information content (AvgIpc) is 2.96. The monoisotopic (exact) mass is 367 g/mol. The molecule has 0 saturated carbocycles. The first-order valence-corrected chi connectivity index (χ1v) is 7.32. The molecule has 1 N–H and O–H groups in total. The fourth-order valence-electron chi connectivity index (χ4n) is 2.55. The summed E-state index contributed by atoms with van der Waals surface area (Å²) in [6, 6.07) is 7.09. The highest BCUT2D eigenvalue weighted by atomic mass is 35.5. The van der Waals surface area contributed by atoms with Gasteiger partial charge >= 0.3 is 12.1 Å². The predicted molar refractivity (Wildman–Crippen MR) is 84.2 cm³/mol.